The zero-order valence-corrected chi connectivity index (χ0v) is 27.3. The summed E-state index contributed by atoms with van der Waals surface area (Å²) >= 11 is 0. The lowest BCUT2D eigenvalue weighted by Crippen LogP contribution is -2.70. The normalized spacial score (nSPS) is 43.8. The molecule has 13 N–H and O–H groups in total. The molecule has 0 spiro atoms. The summed E-state index contributed by atoms with van der Waals surface area (Å²) in [4.78, 5) is 47.5. The van der Waals surface area contributed by atoms with Crippen LogP contribution in [0.1, 0.15) is 13.8 Å². The maximum absolute atomic E-state index is 12.4. The molecule has 4 rings (SSSR count). The molecule has 4 heterocycles. The van der Waals surface area contributed by atoms with Gasteiger partial charge in [-0.15, -0.1) is 0 Å². The Morgan fingerprint density at radius 2 is 1.17 bits per heavy atom. The summed E-state index contributed by atoms with van der Waals surface area (Å²) in [6, 6.07) is -3.26. The Labute approximate surface area is 292 Å². The van der Waals surface area contributed by atoms with Crippen LogP contribution in [0.25, 0.3) is 0 Å². The molecule has 52 heavy (non-hydrogen) atoms. The van der Waals surface area contributed by atoms with E-state index in [1.54, 1.807) is 0 Å². The van der Waals surface area contributed by atoms with E-state index in [4.69, 9.17) is 33.2 Å². The van der Waals surface area contributed by atoms with Crippen LogP contribution in [0.15, 0.2) is 11.8 Å². The van der Waals surface area contributed by atoms with Crippen molar-refractivity contribution in [2.45, 2.75) is 124 Å². The largest absolute Gasteiger partial charge is 0.479 e. The molecule has 0 saturated carbocycles. The van der Waals surface area contributed by atoms with Gasteiger partial charge in [0.1, 0.15) is 79.2 Å². The standard InChI is InChI=1S/C28H42N2O22/c1-6(33)29-12-15(37)19(10(4-31)46-25(12)45)50-28-18(40)17(39)21(22(52-28)24(43)44)51-26-13(30-7(2)34)16(38)20(11(5-32)48-26)49-27-14(36)8(35)3-9(47-27)23(41)42/h3,8,10-22,25-28,31-32,35-40,45H,4-5H2,1-2H3,(H,29,33)(H,30,34)(H,41,42)(H,43,44)/t8-,10+,11+,12+,13+,14?,15+,16+,17+,18+,19?,20?,21-,22?,25-,26+,27-,28+/m0/s1. The molecule has 4 unspecified atom stereocenters. The van der Waals surface area contributed by atoms with Crippen LogP contribution in [0.2, 0.25) is 0 Å². The average Bonchev–Trinajstić information content (AvgIpc) is 3.07. The second kappa shape index (κ2) is 17.3. The maximum atomic E-state index is 12.4. The molecule has 0 bridgehead atoms. The van der Waals surface area contributed by atoms with Gasteiger partial charge in [-0.25, -0.2) is 9.59 Å². The highest BCUT2D eigenvalue weighted by Crippen LogP contribution is 2.34. The van der Waals surface area contributed by atoms with E-state index in [1.165, 1.54) is 0 Å². The van der Waals surface area contributed by atoms with Gasteiger partial charge in [0.25, 0.3) is 0 Å². The molecule has 296 valence electrons. The van der Waals surface area contributed by atoms with Gasteiger partial charge in [0.15, 0.2) is 25.0 Å². The van der Waals surface area contributed by atoms with Crippen molar-refractivity contribution in [2.24, 2.45) is 0 Å². The zero-order chi connectivity index (χ0) is 38.8. The first-order valence-electron chi connectivity index (χ1n) is 15.7. The van der Waals surface area contributed by atoms with Crippen LogP contribution < -0.4 is 10.6 Å². The molecule has 2 amide bonds. The summed E-state index contributed by atoms with van der Waals surface area (Å²) in [6.45, 7) is 0.163. The van der Waals surface area contributed by atoms with Crippen molar-refractivity contribution in [1.29, 1.82) is 0 Å². The lowest BCUT2D eigenvalue weighted by molar-refractivity contribution is -0.366. The van der Waals surface area contributed by atoms with E-state index in [0.29, 0.717) is 6.08 Å². The third kappa shape index (κ3) is 8.95. The van der Waals surface area contributed by atoms with Gasteiger partial charge in [-0.3, -0.25) is 9.59 Å². The lowest BCUT2D eigenvalue weighted by atomic mass is 9.94. The summed E-state index contributed by atoms with van der Waals surface area (Å²) in [7, 11) is 0. The van der Waals surface area contributed by atoms with E-state index in [1.807, 2.05) is 0 Å². The number of amides is 2. The summed E-state index contributed by atoms with van der Waals surface area (Å²) in [5.74, 6) is -5.85. The summed E-state index contributed by atoms with van der Waals surface area (Å²) in [5, 5.41) is 118. The van der Waals surface area contributed by atoms with E-state index in [9.17, 15) is 75.3 Å². The molecular weight excluding hydrogens is 716 g/mol. The highest BCUT2D eigenvalue weighted by atomic mass is 16.8. The fourth-order valence-electron chi connectivity index (χ4n) is 6.02. The second-order valence-electron chi connectivity index (χ2n) is 12.3. The molecule has 0 radical (unpaired) electrons. The minimum Gasteiger partial charge on any atom is -0.479 e. The number of carbonyl (C=O) groups is 4. The minimum atomic E-state index is -2.25. The number of carboxylic acid groups (broad SMARTS) is 2. The first kappa shape index (κ1) is 41.6. The third-order valence-corrected chi connectivity index (χ3v) is 8.53. The Balaban J connectivity index is 1.55. The third-order valence-electron chi connectivity index (χ3n) is 8.53. The number of carboxylic acids is 2. The van der Waals surface area contributed by atoms with Crippen molar-refractivity contribution in [2.75, 3.05) is 13.2 Å². The molecule has 24 heteroatoms. The topological polar surface area (TPSA) is 379 Å². The SMILES string of the molecule is CC(=O)N[C@H]1[C@@H](O[C@@H]2C(C(=O)O)O[C@@H](OC3[C@@H](CO)O[C@H](O)[C@H](NC(C)=O)[C@H]3O)[C@H](O)[C@H]2O)O[C@H](CO)C(O[C@@H]2OC(C(=O)O)=C[C@H](O)C2O)[C@@H]1O. The Hall–Kier alpha value is -3.18. The molecule has 0 aromatic rings. The van der Waals surface area contributed by atoms with E-state index in [2.05, 4.69) is 10.6 Å². The van der Waals surface area contributed by atoms with Crippen LogP contribution in [0.4, 0.5) is 0 Å². The van der Waals surface area contributed by atoms with Gasteiger partial charge >= 0.3 is 11.9 Å². The van der Waals surface area contributed by atoms with Crippen LogP contribution in [0, 0.1) is 0 Å². The van der Waals surface area contributed by atoms with E-state index < -0.39 is 153 Å². The molecular formula is C28H42N2O22. The number of rotatable bonds is 12. The van der Waals surface area contributed by atoms with Gasteiger partial charge in [-0.2, -0.15) is 0 Å². The lowest BCUT2D eigenvalue weighted by Gasteiger charge is -2.49. The highest BCUT2D eigenvalue weighted by Gasteiger charge is 2.56. The van der Waals surface area contributed by atoms with Crippen molar-refractivity contribution < 1.29 is 109 Å². The quantitative estimate of drug-likeness (QED) is 0.0878. The monoisotopic (exact) mass is 758 g/mol. The van der Waals surface area contributed by atoms with Crippen LogP contribution in [0.5, 0.6) is 0 Å². The van der Waals surface area contributed by atoms with Crippen LogP contribution in [-0.2, 0) is 52.3 Å². The number of aliphatic hydroxyl groups excluding tert-OH is 9. The number of nitrogens with one attached hydrogen (secondary N) is 2. The summed E-state index contributed by atoms with van der Waals surface area (Å²) < 4.78 is 38.0. The molecule has 0 aromatic heterocycles. The molecule has 0 aliphatic carbocycles. The van der Waals surface area contributed by atoms with Gasteiger partial charge < -0.3 is 100.0 Å². The fourth-order valence-corrected chi connectivity index (χ4v) is 6.02. The second-order valence-corrected chi connectivity index (χ2v) is 12.3. The Morgan fingerprint density at radius 3 is 1.71 bits per heavy atom. The van der Waals surface area contributed by atoms with Gasteiger partial charge in [-0.1, -0.05) is 0 Å². The predicted octanol–water partition coefficient (Wildman–Crippen LogP) is -8.12. The number of ether oxygens (including phenoxy) is 7. The number of carbonyl (C=O) groups excluding carboxylic acids is 2. The van der Waals surface area contributed by atoms with E-state index in [-0.39, 0.29) is 0 Å². The average molecular weight is 759 g/mol. The van der Waals surface area contributed by atoms with Crippen molar-refractivity contribution >= 4 is 23.8 Å². The van der Waals surface area contributed by atoms with Gasteiger partial charge in [0.2, 0.25) is 23.9 Å². The fraction of sp³-hybridized carbons (Fsp3) is 0.786. The molecule has 24 nitrogen and oxygen atoms in total. The predicted molar refractivity (Wildman–Crippen MR) is 156 cm³/mol. The van der Waals surface area contributed by atoms with Crippen LogP contribution in [0.3, 0.4) is 0 Å². The summed E-state index contributed by atoms with van der Waals surface area (Å²) in [6.07, 6.45) is -30.2. The molecule has 3 saturated heterocycles. The Kier molecular flexibility index (Phi) is 13.8. The molecule has 3 fully saturated rings. The molecule has 4 aliphatic rings. The maximum Gasteiger partial charge on any atom is 0.371 e. The van der Waals surface area contributed by atoms with Crippen molar-refractivity contribution in [1.82, 2.24) is 10.6 Å². The van der Waals surface area contributed by atoms with E-state index >= 15 is 0 Å². The number of hydrogen-bond donors (Lipinski definition) is 13. The molecule has 4 aliphatic heterocycles. The number of aliphatic carboxylic acids is 2. The highest BCUT2D eigenvalue weighted by molar-refractivity contribution is 5.84. The molecule has 18 atom stereocenters. The Morgan fingerprint density at radius 1 is 0.654 bits per heavy atom. The van der Waals surface area contributed by atoms with Gasteiger partial charge in [0, 0.05) is 13.8 Å². The zero-order valence-electron chi connectivity index (χ0n) is 27.3. The van der Waals surface area contributed by atoms with Gasteiger partial charge in [-0.05, 0) is 6.08 Å². The van der Waals surface area contributed by atoms with Gasteiger partial charge in [0.05, 0.1) is 13.2 Å². The van der Waals surface area contributed by atoms with Crippen molar-refractivity contribution in [3.05, 3.63) is 11.8 Å². The van der Waals surface area contributed by atoms with Crippen LogP contribution >= 0.6 is 0 Å². The summed E-state index contributed by atoms with van der Waals surface area (Å²) in [5.41, 5.74) is 0. The first-order chi connectivity index (χ1) is 24.4. The smallest absolute Gasteiger partial charge is 0.371 e. The number of aliphatic hydroxyl groups is 9. The minimum absolute atomic E-state index is 0.678. The van der Waals surface area contributed by atoms with E-state index in [0.717, 1.165) is 13.8 Å². The Bertz CT molecular complexity index is 1320. The molecule has 0 aromatic carbocycles. The van der Waals surface area contributed by atoms with Crippen molar-refractivity contribution in [3.8, 4) is 0 Å². The van der Waals surface area contributed by atoms with Crippen molar-refractivity contribution in [3.63, 3.8) is 0 Å². The first-order valence-corrected chi connectivity index (χ1v) is 15.7. The van der Waals surface area contributed by atoms with Crippen LogP contribution in [-0.4, -0.2) is 204 Å². The number of hydrogen-bond acceptors (Lipinski definition) is 20.